The van der Waals surface area contributed by atoms with Gasteiger partial charge < -0.3 is 9.47 Å². The van der Waals surface area contributed by atoms with Gasteiger partial charge in [0.25, 0.3) is 5.91 Å². The van der Waals surface area contributed by atoms with Crippen LogP contribution in [0.2, 0.25) is 5.02 Å². The van der Waals surface area contributed by atoms with Crippen molar-refractivity contribution >= 4 is 44.2 Å². The van der Waals surface area contributed by atoms with Crippen LogP contribution in [0, 0.1) is 0 Å². The summed E-state index contributed by atoms with van der Waals surface area (Å²) in [6, 6.07) is 16.2. The lowest BCUT2D eigenvalue weighted by Gasteiger charge is -2.21. The Morgan fingerprint density at radius 2 is 1.97 bits per heavy atom. The summed E-state index contributed by atoms with van der Waals surface area (Å²) in [6.07, 6.45) is 1.70. The summed E-state index contributed by atoms with van der Waals surface area (Å²) < 4.78 is 11.6. The molecule has 0 aliphatic heterocycles. The molecule has 2 aromatic heterocycles. The number of fused-ring (bicyclic) bond motifs is 1. The molecule has 0 saturated carbocycles. The maximum absolute atomic E-state index is 13.6. The number of hydrogen-bond donors (Lipinski definition) is 0. The van der Waals surface area contributed by atoms with Crippen LogP contribution >= 0.6 is 22.9 Å². The molecule has 2 aromatic carbocycles. The fourth-order valence-corrected chi connectivity index (χ4v) is 4.13. The van der Waals surface area contributed by atoms with Crippen molar-refractivity contribution < 1.29 is 14.3 Å². The predicted molar refractivity (Wildman–Crippen MR) is 119 cm³/mol. The fraction of sp³-hybridized carbons (Fsp3) is 0.136. The van der Waals surface area contributed by atoms with Gasteiger partial charge in [0.15, 0.2) is 5.13 Å². The topological polar surface area (TPSA) is 64.5 Å². The minimum Gasteiger partial charge on any atom is -0.497 e. The van der Waals surface area contributed by atoms with Crippen molar-refractivity contribution in [2.75, 3.05) is 19.1 Å². The summed E-state index contributed by atoms with van der Waals surface area (Å²) >= 11 is 7.58. The molecule has 0 atom stereocenters. The predicted octanol–water partition coefficient (Wildman–Crippen LogP) is 5.21. The van der Waals surface area contributed by atoms with E-state index in [1.54, 1.807) is 36.4 Å². The third-order valence-corrected chi connectivity index (χ3v) is 5.79. The Morgan fingerprint density at radius 3 is 2.70 bits per heavy atom. The number of thiazole rings is 1. The zero-order chi connectivity index (χ0) is 21.1. The molecular weight excluding hydrogens is 422 g/mol. The number of amides is 1. The zero-order valence-corrected chi connectivity index (χ0v) is 17.9. The minimum absolute atomic E-state index is 0.256. The maximum Gasteiger partial charge on any atom is 0.264 e. The summed E-state index contributed by atoms with van der Waals surface area (Å²) in [7, 11) is 3.13. The quantitative estimate of drug-likeness (QED) is 0.412. The van der Waals surface area contributed by atoms with E-state index in [-0.39, 0.29) is 12.5 Å². The second-order valence-electron chi connectivity index (χ2n) is 6.39. The smallest absolute Gasteiger partial charge is 0.264 e. The van der Waals surface area contributed by atoms with Gasteiger partial charge in [-0.1, -0.05) is 29.0 Å². The Balaban J connectivity index is 1.80. The summed E-state index contributed by atoms with van der Waals surface area (Å²) in [5, 5.41) is 1.00. The number of rotatable bonds is 6. The Morgan fingerprint density at radius 1 is 1.10 bits per heavy atom. The number of ether oxygens (including phenoxy) is 2. The first-order valence-corrected chi connectivity index (χ1v) is 10.3. The molecule has 1 amide bonds. The maximum atomic E-state index is 13.6. The molecule has 4 aromatic rings. The zero-order valence-electron chi connectivity index (χ0n) is 16.3. The summed E-state index contributed by atoms with van der Waals surface area (Å²) in [5.41, 5.74) is 1.85. The lowest BCUT2D eigenvalue weighted by Crippen LogP contribution is -2.31. The van der Waals surface area contributed by atoms with Gasteiger partial charge in [-0.2, -0.15) is 0 Å². The average Bonchev–Trinajstić information content (AvgIpc) is 3.20. The minimum atomic E-state index is -0.272. The van der Waals surface area contributed by atoms with E-state index in [0.717, 1.165) is 15.9 Å². The van der Waals surface area contributed by atoms with Gasteiger partial charge in [-0.25, -0.2) is 4.98 Å². The van der Waals surface area contributed by atoms with Crippen molar-refractivity contribution in [1.29, 1.82) is 0 Å². The SMILES string of the molecule is COc1ccc2sc(N(Cc3ccccn3)C(=O)c3cc(Cl)ccc3OC)nc2c1. The van der Waals surface area contributed by atoms with Crippen LogP contribution in [0.4, 0.5) is 5.13 Å². The molecule has 0 spiro atoms. The lowest BCUT2D eigenvalue weighted by atomic mass is 10.1. The molecule has 6 nitrogen and oxygen atoms in total. The van der Waals surface area contributed by atoms with Crippen LogP contribution in [0.15, 0.2) is 60.8 Å². The number of pyridine rings is 1. The third-order valence-electron chi connectivity index (χ3n) is 4.50. The molecular formula is C22H18ClN3O3S. The monoisotopic (exact) mass is 439 g/mol. The Bertz CT molecular complexity index is 1200. The Hall–Kier alpha value is -3.16. The van der Waals surface area contributed by atoms with Gasteiger partial charge >= 0.3 is 0 Å². The molecule has 30 heavy (non-hydrogen) atoms. The number of nitrogens with zero attached hydrogens (tertiary/aromatic N) is 3. The van der Waals surface area contributed by atoms with Crippen LogP contribution in [0.25, 0.3) is 10.2 Å². The van der Waals surface area contributed by atoms with Crippen molar-refractivity contribution in [3.8, 4) is 11.5 Å². The number of aromatic nitrogens is 2. The molecule has 0 bridgehead atoms. The van der Waals surface area contributed by atoms with Gasteiger partial charge in [0.05, 0.1) is 42.2 Å². The van der Waals surface area contributed by atoms with Crippen molar-refractivity contribution in [3.05, 3.63) is 77.1 Å². The van der Waals surface area contributed by atoms with Crippen LogP contribution in [-0.4, -0.2) is 30.1 Å². The van der Waals surface area contributed by atoms with Crippen molar-refractivity contribution in [1.82, 2.24) is 9.97 Å². The largest absolute Gasteiger partial charge is 0.497 e. The van der Waals surface area contributed by atoms with Crippen LogP contribution in [0.3, 0.4) is 0 Å². The molecule has 0 fully saturated rings. The van der Waals surface area contributed by atoms with E-state index in [1.807, 2.05) is 36.4 Å². The summed E-state index contributed by atoms with van der Waals surface area (Å²) in [5.74, 6) is 0.877. The molecule has 0 aliphatic carbocycles. The first-order chi connectivity index (χ1) is 14.6. The van der Waals surface area contributed by atoms with Gasteiger partial charge in [-0.15, -0.1) is 0 Å². The average molecular weight is 440 g/mol. The number of anilines is 1. The second kappa shape index (κ2) is 8.69. The fourth-order valence-electron chi connectivity index (χ4n) is 3.01. The van der Waals surface area contributed by atoms with Crippen LogP contribution in [0.5, 0.6) is 11.5 Å². The van der Waals surface area contributed by atoms with Crippen molar-refractivity contribution in [3.63, 3.8) is 0 Å². The number of halogens is 1. The highest BCUT2D eigenvalue weighted by atomic mass is 35.5. The highest BCUT2D eigenvalue weighted by molar-refractivity contribution is 7.22. The van der Waals surface area contributed by atoms with E-state index < -0.39 is 0 Å². The molecule has 0 radical (unpaired) electrons. The number of methoxy groups -OCH3 is 2. The molecule has 4 rings (SSSR count). The van der Waals surface area contributed by atoms with E-state index in [4.69, 9.17) is 21.1 Å². The van der Waals surface area contributed by atoms with Gasteiger partial charge in [0, 0.05) is 17.3 Å². The summed E-state index contributed by atoms with van der Waals surface area (Å²) in [6.45, 7) is 0.256. The Labute approximate surface area is 182 Å². The van der Waals surface area contributed by atoms with Gasteiger partial charge in [0.2, 0.25) is 0 Å². The molecule has 2 heterocycles. The van der Waals surface area contributed by atoms with E-state index in [1.165, 1.54) is 18.4 Å². The van der Waals surface area contributed by atoms with Gasteiger partial charge in [-0.05, 0) is 42.5 Å². The van der Waals surface area contributed by atoms with Gasteiger partial charge in [0.1, 0.15) is 11.5 Å². The van der Waals surface area contributed by atoms with Crippen molar-refractivity contribution in [2.24, 2.45) is 0 Å². The van der Waals surface area contributed by atoms with E-state index >= 15 is 0 Å². The van der Waals surface area contributed by atoms with E-state index in [2.05, 4.69) is 9.97 Å². The van der Waals surface area contributed by atoms with E-state index in [0.29, 0.717) is 27.2 Å². The third kappa shape index (κ3) is 4.08. The molecule has 0 aliphatic rings. The molecule has 0 N–H and O–H groups in total. The number of carbonyl (C=O) groups excluding carboxylic acids is 1. The molecule has 152 valence electrons. The normalized spacial score (nSPS) is 10.8. The highest BCUT2D eigenvalue weighted by Gasteiger charge is 2.25. The van der Waals surface area contributed by atoms with E-state index in [9.17, 15) is 4.79 Å². The van der Waals surface area contributed by atoms with Crippen LogP contribution in [0.1, 0.15) is 16.1 Å². The van der Waals surface area contributed by atoms with Gasteiger partial charge in [-0.3, -0.25) is 14.7 Å². The lowest BCUT2D eigenvalue weighted by molar-refractivity contribution is 0.0982. The summed E-state index contributed by atoms with van der Waals surface area (Å²) in [4.78, 5) is 24.2. The standard InChI is InChI=1S/C22H18ClN3O3S/c1-28-16-7-9-20-18(12-16)25-22(30-20)26(13-15-5-3-4-10-24-15)21(27)17-11-14(23)6-8-19(17)29-2/h3-12H,13H2,1-2H3. The molecule has 8 heteroatoms. The second-order valence-corrected chi connectivity index (χ2v) is 7.83. The first kappa shape index (κ1) is 20.1. The van der Waals surface area contributed by atoms with Crippen molar-refractivity contribution in [2.45, 2.75) is 6.54 Å². The van der Waals surface area contributed by atoms with Crippen LogP contribution in [-0.2, 0) is 6.54 Å². The van der Waals surface area contributed by atoms with Crippen LogP contribution < -0.4 is 14.4 Å². The highest BCUT2D eigenvalue weighted by Crippen LogP contribution is 2.34. The first-order valence-electron chi connectivity index (χ1n) is 9.09. The Kier molecular flexibility index (Phi) is 5.83. The number of hydrogen-bond acceptors (Lipinski definition) is 6. The number of benzene rings is 2. The number of carbonyl (C=O) groups is 1. The molecule has 0 saturated heterocycles. The molecule has 0 unspecified atom stereocenters.